The predicted octanol–water partition coefficient (Wildman–Crippen LogP) is 4.43. The zero-order valence-electron chi connectivity index (χ0n) is 17.8. The van der Waals surface area contributed by atoms with Crippen LogP contribution in [0.4, 0.5) is 10.8 Å². The molecule has 0 aliphatic carbocycles. The molecular weight excluding hydrogens is 444 g/mol. The lowest BCUT2D eigenvalue weighted by Crippen LogP contribution is -2.32. The summed E-state index contributed by atoms with van der Waals surface area (Å²) in [4.78, 5) is 19.8. The fourth-order valence-electron chi connectivity index (χ4n) is 3.59. The Hall–Kier alpha value is -2.75. The van der Waals surface area contributed by atoms with Crippen LogP contribution < -0.4 is 10.0 Å². The first-order valence-corrected chi connectivity index (χ1v) is 12.9. The highest BCUT2D eigenvalue weighted by Gasteiger charge is 2.18. The van der Waals surface area contributed by atoms with Crippen LogP contribution in [0, 0.1) is 5.92 Å². The van der Waals surface area contributed by atoms with Crippen LogP contribution in [-0.2, 0) is 16.6 Å². The first-order valence-electron chi connectivity index (χ1n) is 10.5. The van der Waals surface area contributed by atoms with Gasteiger partial charge in [-0.1, -0.05) is 31.2 Å². The Bertz CT molecular complexity index is 1170. The minimum absolute atomic E-state index is 0.160. The van der Waals surface area contributed by atoms with E-state index in [1.165, 1.54) is 42.4 Å². The number of rotatable bonds is 7. The molecule has 0 spiro atoms. The lowest BCUT2D eigenvalue weighted by Gasteiger charge is -2.29. The van der Waals surface area contributed by atoms with E-state index in [9.17, 15) is 13.2 Å². The second-order valence-electron chi connectivity index (χ2n) is 8.06. The molecular formula is C23H26N4O3S2. The van der Waals surface area contributed by atoms with Gasteiger partial charge in [-0.2, -0.15) is 0 Å². The molecule has 3 aromatic rings. The summed E-state index contributed by atoms with van der Waals surface area (Å²) in [6.07, 6.45) is 2.41. The molecule has 1 amide bonds. The molecule has 1 aliphatic rings. The van der Waals surface area contributed by atoms with Crippen LogP contribution in [0.5, 0.6) is 0 Å². The SMILES string of the molecule is CC1CCN(Cc2csc(NC(=O)c3cccc(NS(=O)(=O)c4ccccc4)c3)n2)CC1. The van der Waals surface area contributed by atoms with Crippen LogP contribution in [0.3, 0.4) is 0 Å². The fourth-order valence-corrected chi connectivity index (χ4v) is 5.36. The molecule has 168 valence electrons. The summed E-state index contributed by atoms with van der Waals surface area (Å²) >= 11 is 1.39. The van der Waals surface area contributed by atoms with Crippen molar-refractivity contribution in [3.05, 3.63) is 71.2 Å². The number of anilines is 2. The number of nitrogens with zero attached hydrogens (tertiary/aromatic N) is 2. The number of aromatic nitrogens is 1. The number of carbonyl (C=O) groups is 1. The lowest BCUT2D eigenvalue weighted by atomic mass is 9.99. The summed E-state index contributed by atoms with van der Waals surface area (Å²) in [7, 11) is -3.73. The van der Waals surface area contributed by atoms with Crippen molar-refractivity contribution in [2.45, 2.75) is 31.2 Å². The monoisotopic (exact) mass is 470 g/mol. The standard InChI is InChI=1S/C23H26N4O3S2/c1-17-10-12-27(13-11-17)15-20-16-31-23(24-20)25-22(28)18-6-5-7-19(14-18)26-32(29,30)21-8-3-2-4-9-21/h2-9,14,16-17,26H,10-13,15H2,1H3,(H,24,25,28). The number of carbonyl (C=O) groups excluding carboxylic acids is 1. The molecule has 4 rings (SSSR count). The molecule has 0 radical (unpaired) electrons. The number of piperidine rings is 1. The Kier molecular flexibility index (Phi) is 6.88. The van der Waals surface area contributed by atoms with Gasteiger partial charge in [0.05, 0.1) is 10.6 Å². The van der Waals surface area contributed by atoms with Gasteiger partial charge in [0.15, 0.2) is 5.13 Å². The third-order valence-corrected chi connectivity index (χ3v) is 7.67. The Morgan fingerprint density at radius 2 is 1.88 bits per heavy atom. The van der Waals surface area contributed by atoms with E-state index >= 15 is 0 Å². The van der Waals surface area contributed by atoms with Gasteiger partial charge in [-0.05, 0) is 62.2 Å². The highest BCUT2D eigenvalue weighted by molar-refractivity contribution is 7.92. The Morgan fingerprint density at radius 3 is 2.62 bits per heavy atom. The second-order valence-corrected chi connectivity index (χ2v) is 10.6. The van der Waals surface area contributed by atoms with E-state index in [2.05, 4.69) is 26.8 Å². The van der Waals surface area contributed by atoms with Crippen LogP contribution in [0.25, 0.3) is 0 Å². The smallest absolute Gasteiger partial charge is 0.261 e. The van der Waals surface area contributed by atoms with Crippen molar-refractivity contribution in [3.8, 4) is 0 Å². The second kappa shape index (κ2) is 9.81. The van der Waals surface area contributed by atoms with Crippen molar-refractivity contribution in [2.75, 3.05) is 23.1 Å². The number of nitrogens with one attached hydrogen (secondary N) is 2. The Morgan fingerprint density at radius 1 is 1.12 bits per heavy atom. The maximum atomic E-state index is 12.7. The third kappa shape index (κ3) is 5.73. The summed E-state index contributed by atoms with van der Waals surface area (Å²) in [5, 5.41) is 5.32. The molecule has 1 fully saturated rings. The van der Waals surface area contributed by atoms with Crippen molar-refractivity contribution >= 4 is 38.1 Å². The number of thiazole rings is 1. The topological polar surface area (TPSA) is 91.4 Å². The molecule has 0 bridgehead atoms. The lowest BCUT2D eigenvalue weighted by molar-refractivity contribution is 0.102. The van der Waals surface area contributed by atoms with Gasteiger partial charge in [0.1, 0.15) is 0 Å². The molecule has 0 unspecified atom stereocenters. The maximum absolute atomic E-state index is 12.7. The summed E-state index contributed by atoms with van der Waals surface area (Å²) in [5.41, 5.74) is 1.62. The highest BCUT2D eigenvalue weighted by atomic mass is 32.2. The number of sulfonamides is 1. The first-order chi connectivity index (χ1) is 15.4. The largest absolute Gasteiger partial charge is 0.298 e. The summed E-state index contributed by atoms with van der Waals surface area (Å²) in [6, 6.07) is 14.5. The third-order valence-electron chi connectivity index (χ3n) is 5.46. The quantitative estimate of drug-likeness (QED) is 0.533. The van der Waals surface area contributed by atoms with Crippen LogP contribution in [-0.4, -0.2) is 37.3 Å². The first kappa shape index (κ1) is 22.4. The minimum atomic E-state index is -3.73. The van der Waals surface area contributed by atoms with Gasteiger partial charge in [0.25, 0.3) is 15.9 Å². The zero-order valence-corrected chi connectivity index (χ0v) is 19.5. The van der Waals surface area contributed by atoms with Gasteiger partial charge < -0.3 is 0 Å². The van der Waals surface area contributed by atoms with E-state index in [0.717, 1.165) is 31.2 Å². The van der Waals surface area contributed by atoms with E-state index < -0.39 is 10.0 Å². The molecule has 32 heavy (non-hydrogen) atoms. The maximum Gasteiger partial charge on any atom is 0.261 e. The molecule has 1 aromatic heterocycles. The molecule has 9 heteroatoms. The number of hydrogen-bond donors (Lipinski definition) is 2. The van der Waals surface area contributed by atoms with E-state index in [1.54, 1.807) is 36.4 Å². The Balaban J connectivity index is 1.39. The Labute approximate surface area is 192 Å². The van der Waals surface area contributed by atoms with Gasteiger partial charge in [-0.15, -0.1) is 11.3 Å². The van der Waals surface area contributed by atoms with Crippen LogP contribution in [0.15, 0.2) is 64.9 Å². The number of benzene rings is 2. The average molecular weight is 471 g/mol. The van der Waals surface area contributed by atoms with Crippen LogP contribution >= 0.6 is 11.3 Å². The van der Waals surface area contributed by atoms with Gasteiger partial charge >= 0.3 is 0 Å². The van der Waals surface area contributed by atoms with Crippen molar-refractivity contribution in [1.82, 2.24) is 9.88 Å². The van der Waals surface area contributed by atoms with Gasteiger partial charge in [-0.25, -0.2) is 13.4 Å². The molecule has 2 N–H and O–H groups in total. The zero-order chi connectivity index (χ0) is 22.6. The molecule has 1 aliphatic heterocycles. The summed E-state index contributed by atoms with van der Waals surface area (Å²) in [6.45, 7) is 5.23. The average Bonchev–Trinajstić information content (AvgIpc) is 3.22. The van der Waals surface area contributed by atoms with Gasteiger partial charge in [-0.3, -0.25) is 19.7 Å². The summed E-state index contributed by atoms with van der Waals surface area (Å²) in [5.74, 6) is 0.447. The van der Waals surface area contributed by atoms with Crippen molar-refractivity contribution in [3.63, 3.8) is 0 Å². The van der Waals surface area contributed by atoms with Gasteiger partial charge in [0.2, 0.25) is 0 Å². The van der Waals surface area contributed by atoms with E-state index in [0.29, 0.717) is 16.4 Å². The van der Waals surface area contributed by atoms with Crippen molar-refractivity contribution < 1.29 is 13.2 Å². The van der Waals surface area contributed by atoms with Crippen molar-refractivity contribution in [1.29, 1.82) is 0 Å². The molecule has 0 saturated carbocycles. The molecule has 1 saturated heterocycles. The normalized spacial score (nSPS) is 15.4. The van der Waals surface area contributed by atoms with Crippen molar-refractivity contribution in [2.24, 2.45) is 5.92 Å². The summed E-state index contributed by atoms with van der Waals surface area (Å²) < 4.78 is 27.6. The van der Waals surface area contributed by atoms with Crippen LogP contribution in [0.2, 0.25) is 0 Å². The molecule has 7 nitrogen and oxygen atoms in total. The number of likely N-dealkylation sites (tertiary alicyclic amines) is 1. The van der Waals surface area contributed by atoms with Crippen LogP contribution in [0.1, 0.15) is 35.8 Å². The predicted molar refractivity (Wildman–Crippen MR) is 127 cm³/mol. The molecule has 2 heterocycles. The van der Waals surface area contributed by atoms with E-state index in [1.807, 2.05) is 5.38 Å². The molecule has 0 atom stereocenters. The minimum Gasteiger partial charge on any atom is -0.298 e. The fraction of sp³-hybridized carbons (Fsp3) is 0.304. The highest BCUT2D eigenvalue weighted by Crippen LogP contribution is 2.22. The van der Waals surface area contributed by atoms with E-state index in [4.69, 9.17) is 0 Å². The van der Waals surface area contributed by atoms with E-state index in [-0.39, 0.29) is 10.8 Å². The van der Waals surface area contributed by atoms with Gasteiger partial charge in [0, 0.05) is 23.2 Å². The molecule has 2 aromatic carbocycles. The number of hydrogen-bond acceptors (Lipinski definition) is 6. The number of amides is 1.